The van der Waals surface area contributed by atoms with Gasteiger partial charge < -0.3 is 60.2 Å². The van der Waals surface area contributed by atoms with E-state index in [0.717, 1.165) is 56.1 Å². The van der Waals surface area contributed by atoms with Gasteiger partial charge in [0.05, 0.1) is 52.1 Å². The molecule has 7 rings (SSSR count). The third kappa shape index (κ3) is 17.2. The summed E-state index contributed by atoms with van der Waals surface area (Å²) >= 11 is 1.57. The van der Waals surface area contributed by atoms with E-state index in [1.54, 1.807) is 42.7 Å². The molecule has 4 heterocycles. The van der Waals surface area contributed by atoms with Crippen LogP contribution < -0.4 is 30.9 Å². The van der Waals surface area contributed by atoms with Gasteiger partial charge >= 0.3 is 0 Å². The van der Waals surface area contributed by atoms with E-state index in [9.17, 15) is 29.1 Å². The largest absolute Gasteiger partial charge is 0.494 e. The van der Waals surface area contributed by atoms with Gasteiger partial charge in [-0.05, 0) is 75.6 Å². The number of fused-ring (bicyclic) bond motifs is 1. The molecule has 0 spiro atoms. The van der Waals surface area contributed by atoms with Crippen LogP contribution in [0.4, 0.5) is 23.0 Å². The highest BCUT2D eigenvalue weighted by atomic mass is 32.1. The van der Waals surface area contributed by atoms with Crippen molar-refractivity contribution in [2.45, 2.75) is 91.0 Å². The number of methoxy groups -OCH3 is 1. The SMILES string of the molecule is COc1cc(N(C)CCN(C)C)c(NC(=O)/C=C/CN(C)CCN(C)C(=O)CCCCCC(=O)N[C@H](C(=O)N2C[C@H](O)C[C@H]2C(=O)NCc2ccc(-c3scnc3C)cc2)C(C)(C)C)cc1Nc1nccc(-c2cn(C)c3ccccc23)n1. The molecule has 21 heteroatoms. The molecule has 6 aromatic rings. The lowest BCUT2D eigenvalue weighted by atomic mass is 9.85. The number of aromatic nitrogens is 4. The molecule has 3 atom stereocenters. The number of nitrogens with one attached hydrogen (secondary N) is 4. The van der Waals surface area contributed by atoms with Gasteiger partial charge in [-0.1, -0.05) is 75.7 Å². The third-order valence-electron chi connectivity index (χ3n) is 14.9. The van der Waals surface area contributed by atoms with E-state index in [1.807, 2.05) is 128 Å². The highest BCUT2D eigenvalue weighted by Crippen LogP contribution is 2.39. The molecule has 0 aliphatic carbocycles. The monoisotopic (exact) mass is 1150 g/mol. The molecule has 1 saturated heterocycles. The van der Waals surface area contributed by atoms with Gasteiger partial charge in [-0.3, -0.25) is 24.0 Å². The molecule has 20 nitrogen and oxygen atoms in total. The minimum Gasteiger partial charge on any atom is -0.494 e. The summed E-state index contributed by atoms with van der Waals surface area (Å²) in [6, 6.07) is 19.8. The van der Waals surface area contributed by atoms with Crippen molar-refractivity contribution in [3.05, 3.63) is 108 Å². The first-order valence-corrected chi connectivity index (χ1v) is 29.2. The molecular weight excluding hydrogens is 1070 g/mol. The highest BCUT2D eigenvalue weighted by Gasteiger charge is 2.44. The van der Waals surface area contributed by atoms with Crippen molar-refractivity contribution < 1.29 is 33.8 Å². The molecule has 0 unspecified atom stereocenters. The number of likely N-dealkylation sites (N-methyl/N-ethyl adjacent to an activating group) is 4. The lowest BCUT2D eigenvalue weighted by Gasteiger charge is -2.35. The Hall–Kier alpha value is -7.72. The number of hydrogen-bond donors (Lipinski definition) is 5. The Balaban J connectivity index is 0.842. The van der Waals surface area contributed by atoms with Crippen LogP contribution in [0, 0.1) is 12.3 Å². The van der Waals surface area contributed by atoms with Crippen molar-refractivity contribution in [2.24, 2.45) is 12.5 Å². The molecule has 1 aliphatic rings. The zero-order valence-corrected chi connectivity index (χ0v) is 50.8. The van der Waals surface area contributed by atoms with Crippen molar-refractivity contribution in [1.29, 1.82) is 0 Å². The highest BCUT2D eigenvalue weighted by molar-refractivity contribution is 7.13. The molecule has 3 aromatic heterocycles. The van der Waals surface area contributed by atoms with Gasteiger partial charge in [0.2, 0.25) is 35.5 Å². The van der Waals surface area contributed by atoms with Crippen LogP contribution >= 0.6 is 11.3 Å². The molecule has 444 valence electrons. The number of nitrogens with zero attached hydrogens (tertiary/aromatic N) is 9. The topological polar surface area (TPSA) is 223 Å². The van der Waals surface area contributed by atoms with E-state index in [-0.39, 0.29) is 49.6 Å². The van der Waals surface area contributed by atoms with E-state index in [4.69, 9.17) is 9.72 Å². The number of anilines is 4. The van der Waals surface area contributed by atoms with Gasteiger partial charge in [-0.15, -0.1) is 11.3 Å². The summed E-state index contributed by atoms with van der Waals surface area (Å²) in [6.45, 7) is 10.8. The predicted molar refractivity (Wildman–Crippen MR) is 330 cm³/mol. The first kappa shape index (κ1) is 62.9. The van der Waals surface area contributed by atoms with Crippen molar-refractivity contribution in [3.8, 4) is 27.4 Å². The van der Waals surface area contributed by atoms with Gasteiger partial charge in [-0.2, -0.15) is 0 Å². The second-order valence-corrected chi connectivity index (χ2v) is 23.7. The lowest BCUT2D eigenvalue weighted by molar-refractivity contribution is -0.144. The van der Waals surface area contributed by atoms with Crippen molar-refractivity contribution >= 4 is 74.8 Å². The van der Waals surface area contributed by atoms with Gasteiger partial charge in [0.25, 0.3) is 0 Å². The number of thiazole rings is 1. The molecule has 83 heavy (non-hydrogen) atoms. The zero-order valence-electron chi connectivity index (χ0n) is 50.0. The maximum atomic E-state index is 14.1. The van der Waals surface area contributed by atoms with Crippen LogP contribution in [0.15, 0.2) is 96.8 Å². The number of ether oxygens (including phenoxy) is 1. The van der Waals surface area contributed by atoms with Gasteiger partial charge in [0.15, 0.2) is 0 Å². The number of amides is 5. The van der Waals surface area contributed by atoms with Crippen LogP contribution in [0.5, 0.6) is 5.75 Å². The third-order valence-corrected chi connectivity index (χ3v) is 15.9. The summed E-state index contributed by atoms with van der Waals surface area (Å²) in [5.41, 5.74) is 8.78. The second-order valence-electron chi connectivity index (χ2n) is 22.8. The molecule has 1 fully saturated rings. The van der Waals surface area contributed by atoms with E-state index < -0.39 is 29.5 Å². The maximum Gasteiger partial charge on any atom is 0.248 e. The summed E-state index contributed by atoms with van der Waals surface area (Å²) in [4.78, 5) is 91.8. The number of β-amino-alcohol motifs (C(OH)–C–C–N with tert-alkyl or cyclic N) is 1. The number of carbonyl (C=O) groups is 5. The number of aryl methyl sites for hydroxylation is 2. The van der Waals surface area contributed by atoms with Gasteiger partial charge in [0.1, 0.15) is 17.8 Å². The Morgan fingerprint density at radius 1 is 0.904 bits per heavy atom. The minimum absolute atomic E-state index is 0.00811. The first-order valence-electron chi connectivity index (χ1n) is 28.3. The second kappa shape index (κ2) is 29.0. The smallest absolute Gasteiger partial charge is 0.248 e. The lowest BCUT2D eigenvalue weighted by Crippen LogP contribution is -2.57. The van der Waals surface area contributed by atoms with Gasteiger partial charge in [0, 0.05) is 127 Å². The van der Waals surface area contributed by atoms with Crippen LogP contribution in [0.2, 0.25) is 0 Å². The number of carbonyl (C=O) groups excluding carboxylic acids is 5. The molecular formula is C62H83N13O7S. The molecule has 3 aromatic carbocycles. The maximum absolute atomic E-state index is 14.1. The number of aliphatic hydroxyl groups excluding tert-OH is 1. The van der Waals surface area contributed by atoms with Crippen LogP contribution in [0.3, 0.4) is 0 Å². The summed E-state index contributed by atoms with van der Waals surface area (Å²) in [5.74, 6) is -0.480. The number of hydrogen-bond acceptors (Lipinski definition) is 15. The van der Waals surface area contributed by atoms with Crippen LogP contribution in [-0.4, -0.2) is 174 Å². The summed E-state index contributed by atoms with van der Waals surface area (Å²) in [6.07, 6.45) is 8.54. The zero-order chi connectivity index (χ0) is 60.0. The number of likely N-dealkylation sites (tertiary alicyclic amines) is 1. The Labute approximate surface area is 492 Å². The fourth-order valence-electron chi connectivity index (χ4n) is 9.95. The summed E-state index contributed by atoms with van der Waals surface area (Å²) in [7, 11) is 13.3. The number of rotatable bonds is 27. The van der Waals surface area contributed by atoms with Crippen molar-refractivity contribution in [3.63, 3.8) is 0 Å². The Kier molecular flexibility index (Phi) is 22.0. The molecule has 0 saturated carbocycles. The van der Waals surface area contributed by atoms with Crippen LogP contribution in [0.1, 0.15) is 70.6 Å². The fourth-order valence-corrected chi connectivity index (χ4v) is 10.8. The van der Waals surface area contributed by atoms with Crippen LogP contribution in [-0.2, 0) is 37.6 Å². The molecule has 1 aliphatic heterocycles. The molecule has 0 bridgehead atoms. The Morgan fingerprint density at radius 2 is 1.65 bits per heavy atom. The number of unbranched alkanes of at least 4 members (excludes halogenated alkanes) is 2. The molecule has 0 radical (unpaired) electrons. The Morgan fingerprint density at radius 3 is 2.36 bits per heavy atom. The number of benzene rings is 3. The average molecular weight is 1150 g/mol. The quantitative estimate of drug-likeness (QED) is 0.0250. The number of aliphatic hydroxyl groups is 1. The van der Waals surface area contributed by atoms with Crippen LogP contribution in [0.25, 0.3) is 32.6 Å². The van der Waals surface area contributed by atoms with E-state index in [0.29, 0.717) is 74.9 Å². The fraction of sp³-hybridized carbons (Fsp3) is 0.452. The molecule has 5 N–H and O–H groups in total. The van der Waals surface area contributed by atoms with E-state index in [1.165, 1.54) is 11.0 Å². The van der Waals surface area contributed by atoms with Gasteiger partial charge in [-0.25, -0.2) is 15.0 Å². The van der Waals surface area contributed by atoms with E-state index >= 15 is 0 Å². The summed E-state index contributed by atoms with van der Waals surface area (Å²) in [5, 5.41) is 24.0. The first-order chi connectivity index (χ1) is 39.6. The van der Waals surface area contributed by atoms with E-state index in [2.05, 4.69) is 63.9 Å². The Bertz CT molecular complexity index is 3220. The minimum atomic E-state index is -0.928. The average Bonchev–Trinajstić information content (AvgIpc) is 4.28. The van der Waals surface area contributed by atoms with Crippen molar-refractivity contribution in [2.75, 3.05) is 97.2 Å². The standard InChI is InChI=1S/C62H83N13O7S/c1-41-57(83-40-65-41)43-25-23-42(24-26-43)37-64-59(80)52-34-44(76)38-75(52)60(81)58(62(2,3)4)69-55(78)20-13-12-14-22-56(79)73(9)33-31-71(7)29-17-21-54(77)66-48-35-49(53(82-11)36-51(48)72(8)32-30-70(5)6)68-61-63-28-27-47(67-61)46-39-74(10)50-19-16-15-18-45(46)50/h15-19,21,23-28,35-36,39-40,44,52,58,76H,12-14,20,22,29-34,37-38H2,1-11H3,(H,64,80)(H,66,77)(H,69,78)(H,63,67,68)/b21-17+/t44-,52+,58-/m1/s1. The predicted octanol–water partition coefficient (Wildman–Crippen LogP) is 7.46. The normalized spacial score (nSPS) is 14.8. The molecule has 5 amide bonds. The van der Waals surface area contributed by atoms with Crippen molar-refractivity contribution in [1.82, 2.24) is 49.8 Å². The summed E-state index contributed by atoms with van der Waals surface area (Å²) < 4.78 is 7.94. The number of para-hydroxylation sites is 1.